The summed E-state index contributed by atoms with van der Waals surface area (Å²) in [6, 6.07) is 11.7. The van der Waals surface area contributed by atoms with Gasteiger partial charge in [0.2, 0.25) is 10.0 Å². The quantitative estimate of drug-likeness (QED) is 0.709. The van der Waals surface area contributed by atoms with Gasteiger partial charge in [-0.3, -0.25) is 4.79 Å². The van der Waals surface area contributed by atoms with Gasteiger partial charge >= 0.3 is 0 Å². The summed E-state index contributed by atoms with van der Waals surface area (Å²) in [5.74, 6) is 0.737. The molecule has 0 aromatic heterocycles. The highest BCUT2D eigenvalue weighted by molar-refractivity contribution is 7.88. The molecule has 0 N–H and O–H groups in total. The maximum Gasteiger partial charge on any atom is 0.254 e. The summed E-state index contributed by atoms with van der Waals surface area (Å²) in [6.07, 6.45) is 3.09. The standard InChI is InChI=1S/C24H30N2O4S/c1-16-9-17(2)11-20(10-16)24(27)25-14-21-12-19(5-8-23(21)30-15-18(25)3)13-26(22-6-7-22)31(4,28)29/h5,8-12,18,22H,6-7,13-15H2,1-4H3/t18-/m0/s1. The van der Waals surface area contributed by atoms with E-state index in [4.69, 9.17) is 4.74 Å². The Kier molecular flexibility index (Phi) is 5.83. The van der Waals surface area contributed by atoms with E-state index in [1.165, 1.54) is 6.26 Å². The van der Waals surface area contributed by atoms with Crippen LogP contribution in [0.15, 0.2) is 36.4 Å². The maximum absolute atomic E-state index is 13.4. The summed E-state index contributed by atoms with van der Waals surface area (Å²) >= 11 is 0. The van der Waals surface area contributed by atoms with E-state index in [0.717, 1.165) is 40.8 Å². The van der Waals surface area contributed by atoms with Crippen LogP contribution in [0.3, 0.4) is 0 Å². The Labute approximate surface area is 184 Å². The Morgan fingerprint density at radius 3 is 2.42 bits per heavy atom. The van der Waals surface area contributed by atoms with Crippen molar-refractivity contribution in [2.45, 2.75) is 58.8 Å². The molecule has 1 aliphatic heterocycles. The average molecular weight is 443 g/mol. The largest absolute Gasteiger partial charge is 0.491 e. The highest BCUT2D eigenvalue weighted by Gasteiger charge is 2.35. The van der Waals surface area contributed by atoms with E-state index in [1.807, 2.05) is 56.0 Å². The number of fused-ring (bicyclic) bond motifs is 1. The Morgan fingerprint density at radius 2 is 1.81 bits per heavy atom. The van der Waals surface area contributed by atoms with Gasteiger partial charge in [-0.2, -0.15) is 4.31 Å². The highest BCUT2D eigenvalue weighted by atomic mass is 32.2. The average Bonchev–Trinajstić information content (AvgIpc) is 3.52. The van der Waals surface area contributed by atoms with Gasteiger partial charge in [-0.15, -0.1) is 0 Å². The first-order valence-electron chi connectivity index (χ1n) is 10.7. The molecule has 0 saturated heterocycles. The minimum Gasteiger partial charge on any atom is -0.491 e. The van der Waals surface area contributed by atoms with E-state index in [2.05, 4.69) is 6.07 Å². The minimum absolute atomic E-state index is 0.0168. The number of carbonyl (C=O) groups is 1. The molecule has 1 saturated carbocycles. The highest BCUT2D eigenvalue weighted by Crippen LogP contribution is 2.32. The van der Waals surface area contributed by atoms with Crippen molar-refractivity contribution in [3.63, 3.8) is 0 Å². The number of sulfonamides is 1. The van der Waals surface area contributed by atoms with Crippen molar-refractivity contribution < 1.29 is 17.9 Å². The zero-order valence-corrected chi connectivity index (χ0v) is 19.4. The molecule has 2 aliphatic rings. The predicted octanol–water partition coefficient (Wildman–Crippen LogP) is 3.65. The lowest BCUT2D eigenvalue weighted by molar-refractivity contribution is 0.0645. The first-order valence-corrected chi connectivity index (χ1v) is 12.6. The van der Waals surface area contributed by atoms with Gasteiger partial charge in [-0.05, 0) is 63.4 Å². The van der Waals surface area contributed by atoms with Crippen LogP contribution in [0.25, 0.3) is 0 Å². The van der Waals surface area contributed by atoms with Crippen LogP contribution < -0.4 is 4.74 Å². The second-order valence-electron chi connectivity index (χ2n) is 8.95. The Morgan fingerprint density at radius 1 is 1.13 bits per heavy atom. The second kappa shape index (κ2) is 8.28. The van der Waals surface area contributed by atoms with Crippen LogP contribution in [0, 0.1) is 13.8 Å². The van der Waals surface area contributed by atoms with E-state index in [9.17, 15) is 13.2 Å². The molecule has 2 aromatic rings. The van der Waals surface area contributed by atoms with Crippen molar-refractivity contribution in [2.24, 2.45) is 0 Å². The van der Waals surface area contributed by atoms with Crippen LogP contribution in [-0.4, -0.2) is 48.5 Å². The van der Waals surface area contributed by atoms with Crippen LogP contribution in [0.5, 0.6) is 5.75 Å². The van der Waals surface area contributed by atoms with Crippen molar-refractivity contribution in [3.05, 3.63) is 64.2 Å². The van der Waals surface area contributed by atoms with Crippen molar-refractivity contribution in [1.82, 2.24) is 9.21 Å². The Hall–Kier alpha value is -2.38. The van der Waals surface area contributed by atoms with Gasteiger partial charge in [-0.1, -0.05) is 23.3 Å². The summed E-state index contributed by atoms with van der Waals surface area (Å²) in [5, 5.41) is 0. The molecule has 166 valence electrons. The lowest BCUT2D eigenvalue weighted by Gasteiger charge is -2.27. The summed E-state index contributed by atoms with van der Waals surface area (Å²) in [5.41, 5.74) is 4.62. The summed E-state index contributed by atoms with van der Waals surface area (Å²) in [7, 11) is -3.27. The SMILES string of the molecule is Cc1cc(C)cc(C(=O)N2Cc3cc(CN(C4CC4)S(C)(=O)=O)ccc3OC[C@@H]2C)c1. The fourth-order valence-corrected chi connectivity index (χ4v) is 5.37. The number of amides is 1. The third-order valence-corrected chi connectivity index (χ3v) is 7.20. The molecule has 0 spiro atoms. The number of benzene rings is 2. The van der Waals surface area contributed by atoms with Gasteiger partial charge in [-0.25, -0.2) is 8.42 Å². The van der Waals surface area contributed by atoms with Crippen molar-refractivity contribution in [1.29, 1.82) is 0 Å². The normalized spacial score (nSPS) is 19.0. The van der Waals surface area contributed by atoms with Crippen LogP contribution in [-0.2, 0) is 23.1 Å². The van der Waals surface area contributed by atoms with E-state index >= 15 is 0 Å². The molecule has 7 heteroatoms. The molecule has 0 bridgehead atoms. The van der Waals surface area contributed by atoms with Crippen molar-refractivity contribution in [2.75, 3.05) is 12.9 Å². The smallest absolute Gasteiger partial charge is 0.254 e. The number of hydrogen-bond acceptors (Lipinski definition) is 4. The molecule has 1 amide bonds. The van der Waals surface area contributed by atoms with E-state index in [-0.39, 0.29) is 18.0 Å². The van der Waals surface area contributed by atoms with E-state index in [0.29, 0.717) is 25.3 Å². The zero-order chi connectivity index (χ0) is 22.3. The third kappa shape index (κ3) is 4.93. The molecule has 1 heterocycles. The molecule has 1 atom stereocenters. The molecule has 31 heavy (non-hydrogen) atoms. The topological polar surface area (TPSA) is 66.9 Å². The molecule has 4 rings (SSSR count). The molecular formula is C24H30N2O4S. The number of hydrogen-bond donors (Lipinski definition) is 0. The zero-order valence-electron chi connectivity index (χ0n) is 18.6. The van der Waals surface area contributed by atoms with Gasteiger partial charge in [0, 0.05) is 23.7 Å². The van der Waals surface area contributed by atoms with E-state index in [1.54, 1.807) is 4.31 Å². The van der Waals surface area contributed by atoms with Crippen LogP contribution in [0.1, 0.15) is 52.4 Å². The molecule has 2 aromatic carbocycles. The number of rotatable bonds is 5. The first-order chi connectivity index (χ1) is 14.6. The molecule has 0 radical (unpaired) electrons. The van der Waals surface area contributed by atoms with Crippen LogP contribution >= 0.6 is 0 Å². The van der Waals surface area contributed by atoms with Gasteiger partial charge in [0.15, 0.2) is 0 Å². The molecule has 1 fully saturated rings. The number of aryl methyl sites for hydroxylation is 2. The van der Waals surface area contributed by atoms with Gasteiger partial charge in [0.05, 0.1) is 18.8 Å². The number of carbonyl (C=O) groups excluding carboxylic acids is 1. The minimum atomic E-state index is -3.27. The maximum atomic E-state index is 13.4. The van der Waals surface area contributed by atoms with E-state index < -0.39 is 10.0 Å². The number of ether oxygens (including phenoxy) is 1. The molecule has 6 nitrogen and oxygen atoms in total. The molecule has 0 unspecified atom stereocenters. The summed E-state index contributed by atoms with van der Waals surface area (Å²) in [6.45, 7) is 7.17. The molecule has 1 aliphatic carbocycles. The summed E-state index contributed by atoms with van der Waals surface area (Å²) in [4.78, 5) is 15.2. The second-order valence-corrected chi connectivity index (χ2v) is 10.9. The number of nitrogens with zero attached hydrogens (tertiary/aromatic N) is 2. The lowest BCUT2D eigenvalue weighted by Crippen LogP contribution is -2.39. The Balaban J connectivity index is 1.61. The molecular weight excluding hydrogens is 412 g/mol. The Bertz CT molecular complexity index is 1090. The van der Waals surface area contributed by atoms with Gasteiger partial charge in [0.1, 0.15) is 12.4 Å². The monoisotopic (exact) mass is 442 g/mol. The first kappa shape index (κ1) is 21.8. The fraction of sp³-hybridized carbons (Fsp3) is 0.458. The lowest BCUT2D eigenvalue weighted by atomic mass is 10.0. The fourth-order valence-electron chi connectivity index (χ4n) is 4.23. The predicted molar refractivity (Wildman–Crippen MR) is 121 cm³/mol. The van der Waals surface area contributed by atoms with Crippen LogP contribution in [0.4, 0.5) is 0 Å². The van der Waals surface area contributed by atoms with Gasteiger partial charge in [0.25, 0.3) is 5.91 Å². The van der Waals surface area contributed by atoms with Gasteiger partial charge < -0.3 is 9.64 Å². The van der Waals surface area contributed by atoms with Crippen molar-refractivity contribution >= 4 is 15.9 Å². The van der Waals surface area contributed by atoms with Crippen LogP contribution in [0.2, 0.25) is 0 Å². The third-order valence-electron chi connectivity index (χ3n) is 5.93. The summed E-state index contributed by atoms with van der Waals surface area (Å²) < 4.78 is 32.0. The van der Waals surface area contributed by atoms with Crippen molar-refractivity contribution in [3.8, 4) is 5.75 Å².